The second-order valence-corrected chi connectivity index (χ2v) is 2.38. The Kier molecular flexibility index (Phi) is 3.94. The van der Waals surface area contributed by atoms with E-state index in [2.05, 4.69) is 0 Å². The molecular formula is C8H6ClF3O2. The highest BCUT2D eigenvalue weighted by atomic mass is 35.5. The molecule has 14 heavy (non-hydrogen) atoms. The molecule has 0 spiro atoms. The van der Waals surface area contributed by atoms with E-state index in [0.717, 1.165) is 24.3 Å². The summed E-state index contributed by atoms with van der Waals surface area (Å²) in [6.07, 6.45) is -4.42. The maximum Gasteiger partial charge on any atom is 0.416 e. The molecule has 0 aliphatic heterocycles. The maximum atomic E-state index is 12.0. The number of carboxylic acids is 1. The molecule has 0 bridgehead atoms. The van der Waals surface area contributed by atoms with Gasteiger partial charge >= 0.3 is 12.1 Å². The molecule has 0 aliphatic carbocycles. The monoisotopic (exact) mass is 226 g/mol. The van der Waals surface area contributed by atoms with Crippen LogP contribution in [0.25, 0.3) is 0 Å². The van der Waals surface area contributed by atoms with Crippen LogP contribution in [0.1, 0.15) is 15.9 Å². The molecule has 2 nitrogen and oxygen atoms in total. The number of aromatic carboxylic acids is 1. The molecule has 1 N–H and O–H groups in total. The average molecular weight is 227 g/mol. The Bertz CT molecular complexity index is 318. The lowest BCUT2D eigenvalue weighted by Gasteiger charge is -2.05. The van der Waals surface area contributed by atoms with Crippen molar-refractivity contribution < 1.29 is 23.1 Å². The van der Waals surface area contributed by atoms with Crippen molar-refractivity contribution in [3.8, 4) is 0 Å². The minimum atomic E-state index is -4.42. The second kappa shape index (κ2) is 4.32. The van der Waals surface area contributed by atoms with Crippen LogP contribution in [0.3, 0.4) is 0 Å². The molecule has 0 atom stereocenters. The first-order chi connectivity index (χ1) is 5.91. The highest BCUT2D eigenvalue weighted by Gasteiger charge is 2.30. The number of halogens is 4. The fourth-order valence-corrected chi connectivity index (χ4v) is 0.802. The van der Waals surface area contributed by atoms with E-state index in [4.69, 9.17) is 5.11 Å². The zero-order chi connectivity index (χ0) is 10.1. The Morgan fingerprint density at radius 2 is 1.57 bits per heavy atom. The van der Waals surface area contributed by atoms with Gasteiger partial charge in [-0.05, 0) is 24.3 Å². The van der Waals surface area contributed by atoms with Gasteiger partial charge in [-0.3, -0.25) is 0 Å². The average Bonchev–Trinajstić information content (AvgIpc) is 2.03. The molecule has 0 fully saturated rings. The van der Waals surface area contributed by atoms with Gasteiger partial charge in [0.2, 0.25) is 0 Å². The molecule has 0 heterocycles. The van der Waals surface area contributed by atoms with Crippen molar-refractivity contribution in [3.05, 3.63) is 35.4 Å². The highest BCUT2D eigenvalue weighted by Crippen LogP contribution is 2.28. The summed E-state index contributed by atoms with van der Waals surface area (Å²) >= 11 is 0. The van der Waals surface area contributed by atoms with E-state index < -0.39 is 17.7 Å². The van der Waals surface area contributed by atoms with Crippen LogP contribution in [0.5, 0.6) is 0 Å². The van der Waals surface area contributed by atoms with Gasteiger partial charge in [0.15, 0.2) is 0 Å². The number of hydrogen-bond donors (Lipinski definition) is 1. The molecule has 1 rings (SSSR count). The van der Waals surface area contributed by atoms with Crippen LogP contribution in [0, 0.1) is 0 Å². The van der Waals surface area contributed by atoms with Gasteiger partial charge in [0, 0.05) is 0 Å². The zero-order valence-corrected chi connectivity index (χ0v) is 7.52. The quantitative estimate of drug-likeness (QED) is 0.800. The first kappa shape index (κ1) is 12.8. The molecule has 0 aliphatic rings. The van der Waals surface area contributed by atoms with E-state index in [-0.39, 0.29) is 18.0 Å². The fraction of sp³-hybridized carbons (Fsp3) is 0.125. The third kappa shape index (κ3) is 2.92. The summed E-state index contributed by atoms with van der Waals surface area (Å²) in [5.74, 6) is -1.24. The Balaban J connectivity index is 0.00000169. The van der Waals surface area contributed by atoms with E-state index in [1.807, 2.05) is 0 Å². The summed E-state index contributed by atoms with van der Waals surface area (Å²) in [6.45, 7) is 0. The van der Waals surface area contributed by atoms with Crippen molar-refractivity contribution in [1.29, 1.82) is 0 Å². The molecule has 0 unspecified atom stereocenters. The number of benzene rings is 1. The lowest BCUT2D eigenvalue weighted by atomic mass is 10.1. The van der Waals surface area contributed by atoms with E-state index in [0.29, 0.717) is 0 Å². The van der Waals surface area contributed by atoms with Crippen molar-refractivity contribution in [2.24, 2.45) is 0 Å². The van der Waals surface area contributed by atoms with E-state index in [1.54, 1.807) is 0 Å². The van der Waals surface area contributed by atoms with Crippen molar-refractivity contribution in [2.75, 3.05) is 0 Å². The summed E-state index contributed by atoms with van der Waals surface area (Å²) in [5, 5.41) is 8.40. The number of alkyl halides is 3. The topological polar surface area (TPSA) is 37.3 Å². The summed E-state index contributed by atoms with van der Waals surface area (Å²) in [7, 11) is 0. The van der Waals surface area contributed by atoms with Gasteiger partial charge in [-0.15, -0.1) is 12.4 Å². The van der Waals surface area contributed by atoms with E-state index >= 15 is 0 Å². The number of rotatable bonds is 1. The maximum absolute atomic E-state index is 12.0. The Hall–Kier alpha value is -1.23. The highest BCUT2D eigenvalue weighted by molar-refractivity contribution is 5.87. The summed E-state index contributed by atoms with van der Waals surface area (Å²) in [6, 6.07) is 3.32. The van der Waals surface area contributed by atoms with Crippen LogP contribution >= 0.6 is 12.4 Å². The summed E-state index contributed by atoms with van der Waals surface area (Å²) in [5.41, 5.74) is -1.01. The largest absolute Gasteiger partial charge is 0.478 e. The minimum Gasteiger partial charge on any atom is -0.478 e. The predicted octanol–water partition coefficient (Wildman–Crippen LogP) is 2.83. The molecule has 1 aromatic carbocycles. The number of carbonyl (C=O) groups is 1. The predicted molar refractivity (Wildman–Crippen MR) is 45.7 cm³/mol. The van der Waals surface area contributed by atoms with Crippen LogP contribution in [0.2, 0.25) is 0 Å². The Morgan fingerprint density at radius 3 is 1.86 bits per heavy atom. The number of hydrogen-bond acceptors (Lipinski definition) is 1. The standard InChI is InChI=1S/C8H5F3O2.ClH/c9-8(10,11)6-3-1-5(2-4-6)7(12)13;/h1-4H,(H,12,13);1H. The second-order valence-electron chi connectivity index (χ2n) is 2.38. The van der Waals surface area contributed by atoms with Gasteiger partial charge in [0.05, 0.1) is 11.1 Å². The van der Waals surface area contributed by atoms with Gasteiger partial charge < -0.3 is 5.11 Å². The summed E-state index contributed by atoms with van der Waals surface area (Å²) < 4.78 is 35.9. The van der Waals surface area contributed by atoms with Crippen LogP contribution in [-0.4, -0.2) is 11.1 Å². The van der Waals surface area contributed by atoms with Crippen molar-refractivity contribution in [3.63, 3.8) is 0 Å². The Labute approximate surface area is 83.8 Å². The molecule has 0 radical (unpaired) electrons. The molecule has 78 valence electrons. The van der Waals surface area contributed by atoms with E-state index in [9.17, 15) is 18.0 Å². The number of carboxylic acid groups (broad SMARTS) is 1. The first-order valence-corrected chi connectivity index (χ1v) is 3.32. The molecule has 0 amide bonds. The molecular weight excluding hydrogens is 221 g/mol. The SMILES string of the molecule is Cl.O=C(O)c1ccc(C(F)(F)F)cc1. The van der Waals surface area contributed by atoms with Crippen molar-refractivity contribution in [1.82, 2.24) is 0 Å². The van der Waals surface area contributed by atoms with E-state index in [1.165, 1.54) is 0 Å². The van der Waals surface area contributed by atoms with Crippen molar-refractivity contribution >= 4 is 18.4 Å². The smallest absolute Gasteiger partial charge is 0.416 e. The normalized spacial score (nSPS) is 10.5. The van der Waals surface area contributed by atoms with Gasteiger partial charge in [0.25, 0.3) is 0 Å². The van der Waals surface area contributed by atoms with Crippen molar-refractivity contribution in [2.45, 2.75) is 6.18 Å². The zero-order valence-electron chi connectivity index (χ0n) is 6.71. The molecule has 1 aromatic rings. The molecule has 6 heteroatoms. The van der Waals surface area contributed by atoms with Crippen LogP contribution in [0.4, 0.5) is 13.2 Å². The van der Waals surface area contributed by atoms with Gasteiger partial charge in [-0.1, -0.05) is 0 Å². The fourth-order valence-electron chi connectivity index (χ4n) is 0.802. The minimum absolute atomic E-state index is 0. The van der Waals surface area contributed by atoms with Gasteiger partial charge in [0.1, 0.15) is 0 Å². The van der Waals surface area contributed by atoms with Crippen LogP contribution < -0.4 is 0 Å². The van der Waals surface area contributed by atoms with Gasteiger partial charge in [-0.2, -0.15) is 13.2 Å². The van der Waals surface area contributed by atoms with Gasteiger partial charge in [-0.25, -0.2) is 4.79 Å². The lowest BCUT2D eigenvalue weighted by molar-refractivity contribution is -0.137. The molecule has 0 saturated heterocycles. The summed E-state index contributed by atoms with van der Waals surface area (Å²) in [4.78, 5) is 10.3. The third-order valence-electron chi connectivity index (χ3n) is 1.46. The molecule has 0 aromatic heterocycles. The van der Waals surface area contributed by atoms with Crippen LogP contribution in [0.15, 0.2) is 24.3 Å². The lowest BCUT2D eigenvalue weighted by Crippen LogP contribution is -2.05. The first-order valence-electron chi connectivity index (χ1n) is 3.32. The molecule has 0 saturated carbocycles. The third-order valence-corrected chi connectivity index (χ3v) is 1.46. The van der Waals surface area contributed by atoms with Crippen LogP contribution in [-0.2, 0) is 6.18 Å². The Morgan fingerprint density at radius 1 is 1.14 bits per heavy atom.